The summed E-state index contributed by atoms with van der Waals surface area (Å²) in [7, 11) is 0. The van der Waals surface area contributed by atoms with Crippen LogP contribution in [-0.4, -0.2) is 0 Å². The molecule has 62 valence electrons. The van der Waals surface area contributed by atoms with Gasteiger partial charge in [-0.15, -0.1) is 11.6 Å². The van der Waals surface area contributed by atoms with E-state index in [0.29, 0.717) is 10.0 Å². The molecule has 0 N–H and O–H groups in total. The van der Waals surface area contributed by atoms with Gasteiger partial charge >= 0.3 is 0 Å². The van der Waals surface area contributed by atoms with E-state index in [4.69, 9.17) is 16.9 Å². The molecule has 0 unspecified atom stereocenters. The highest BCUT2D eigenvalue weighted by Crippen LogP contribution is 2.24. The van der Waals surface area contributed by atoms with E-state index in [1.807, 2.05) is 6.07 Å². The number of alkyl halides is 1. The van der Waals surface area contributed by atoms with Crippen LogP contribution >= 0.6 is 27.5 Å². The van der Waals surface area contributed by atoms with Crippen LogP contribution in [0.3, 0.4) is 0 Å². The lowest BCUT2D eigenvalue weighted by Crippen LogP contribution is -1.87. The van der Waals surface area contributed by atoms with Crippen molar-refractivity contribution in [2.75, 3.05) is 0 Å². The molecule has 0 heterocycles. The smallest absolute Gasteiger partial charge is 0.145 e. The highest BCUT2D eigenvalue weighted by Gasteiger charge is 2.07. The van der Waals surface area contributed by atoms with Crippen LogP contribution in [0.2, 0.25) is 0 Å². The molecule has 0 spiro atoms. The van der Waals surface area contributed by atoms with Crippen LogP contribution in [-0.2, 0) is 0 Å². The summed E-state index contributed by atoms with van der Waals surface area (Å²) in [5.41, 5.74) is 0.590. The van der Waals surface area contributed by atoms with Gasteiger partial charge in [-0.25, -0.2) is 4.39 Å². The van der Waals surface area contributed by atoms with Crippen LogP contribution in [0.5, 0.6) is 0 Å². The Labute approximate surface area is 82.9 Å². The lowest BCUT2D eigenvalue weighted by atomic mass is 10.2. The summed E-state index contributed by atoms with van der Waals surface area (Å²) in [5.74, 6) is -0.361. The molecule has 1 rings (SSSR count). The monoisotopic (exact) mass is 247 g/mol. The maximum absolute atomic E-state index is 12.7. The molecule has 0 saturated heterocycles. The fourth-order valence-electron chi connectivity index (χ4n) is 0.745. The van der Waals surface area contributed by atoms with E-state index in [0.717, 1.165) is 0 Å². The van der Waals surface area contributed by atoms with Gasteiger partial charge in [0.05, 0.1) is 10.5 Å². The Kier molecular flexibility index (Phi) is 3.07. The minimum atomic E-state index is -0.720. The average molecular weight is 248 g/mol. The van der Waals surface area contributed by atoms with Crippen LogP contribution in [0, 0.1) is 17.1 Å². The van der Waals surface area contributed by atoms with Gasteiger partial charge in [0.1, 0.15) is 11.2 Å². The predicted molar refractivity (Wildman–Crippen MR) is 48.3 cm³/mol. The summed E-state index contributed by atoms with van der Waals surface area (Å²) < 4.78 is 13.0. The first-order valence-electron chi connectivity index (χ1n) is 3.14. The number of rotatable bonds is 1. The molecule has 0 aliphatic rings. The third-order valence-corrected chi connectivity index (χ3v) is 2.31. The molecular weight excluding hydrogens is 244 g/mol. The molecule has 4 heteroatoms. The highest BCUT2D eigenvalue weighted by molar-refractivity contribution is 9.10. The molecule has 1 nitrogen and oxygen atoms in total. The predicted octanol–water partition coefficient (Wildman–Crippen LogP) is 3.39. The molecule has 0 fully saturated rings. The van der Waals surface area contributed by atoms with Gasteiger partial charge < -0.3 is 0 Å². The number of nitriles is 1. The minimum Gasteiger partial charge on any atom is -0.206 e. The van der Waals surface area contributed by atoms with E-state index in [1.54, 1.807) is 0 Å². The molecule has 1 atom stereocenters. The van der Waals surface area contributed by atoms with Crippen molar-refractivity contribution in [3.63, 3.8) is 0 Å². The van der Waals surface area contributed by atoms with Crippen molar-refractivity contribution in [2.24, 2.45) is 0 Å². The fraction of sp³-hybridized carbons (Fsp3) is 0.125. The van der Waals surface area contributed by atoms with Crippen LogP contribution in [0.1, 0.15) is 10.9 Å². The van der Waals surface area contributed by atoms with E-state index in [1.165, 1.54) is 18.2 Å². The number of halogens is 3. The summed E-state index contributed by atoms with van der Waals surface area (Å²) in [5, 5.41) is 7.74. The molecule has 0 radical (unpaired) electrons. The van der Waals surface area contributed by atoms with Crippen molar-refractivity contribution >= 4 is 27.5 Å². The van der Waals surface area contributed by atoms with Crippen molar-refractivity contribution < 1.29 is 4.39 Å². The Hall–Kier alpha value is -0.590. The summed E-state index contributed by atoms with van der Waals surface area (Å²) >= 11 is 8.61. The Bertz CT molecular complexity index is 334. The summed E-state index contributed by atoms with van der Waals surface area (Å²) in [6, 6.07) is 6.10. The second kappa shape index (κ2) is 3.88. The van der Waals surface area contributed by atoms with Gasteiger partial charge in [0.2, 0.25) is 0 Å². The number of hydrogen-bond acceptors (Lipinski definition) is 1. The molecule has 0 bridgehead atoms. The number of benzene rings is 1. The van der Waals surface area contributed by atoms with E-state index >= 15 is 0 Å². The molecule has 0 aliphatic carbocycles. The maximum Gasteiger partial charge on any atom is 0.145 e. The molecule has 0 aromatic heterocycles. The zero-order chi connectivity index (χ0) is 9.14. The third kappa shape index (κ3) is 1.96. The van der Waals surface area contributed by atoms with Gasteiger partial charge in [0, 0.05) is 0 Å². The second-order valence-corrected chi connectivity index (χ2v) is 3.46. The van der Waals surface area contributed by atoms with Gasteiger partial charge in [0.15, 0.2) is 0 Å². The normalized spacial score (nSPS) is 12.2. The second-order valence-electron chi connectivity index (χ2n) is 2.17. The molecule has 0 amide bonds. The lowest BCUT2D eigenvalue weighted by Gasteiger charge is -2.01. The van der Waals surface area contributed by atoms with E-state index < -0.39 is 5.38 Å². The van der Waals surface area contributed by atoms with Crippen molar-refractivity contribution in [3.05, 3.63) is 34.1 Å². The Morgan fingerprint density at radius 2 is 2.25 bits per heavy atom. The maximum atomic E-state index is 12.7. The molecule has 12 heavy (non-hydrogen) atoms. The van der Waals surface area contributed by atoms with Crippen molar-refractivity contribution in [3.8, 4) is 6.07 Å². The van der Waals surface area contributed by atoms with Crippen LogP contribution in [0.4, 0.5) is 4.39 Å². The van der Waals surface area contributed by atoms with E-state index in [-0.39, 0.29) is 5.82 Å². The van der Waals surface area contributed by atoms with E-state index in [2.05, 4.69) is 15.9 Å². The largest absolute Gasteiger partial charge is 0.206 e. The molecule has 1 aromatic rings. The Morgan fingerprint density at radius 3 is 2.75 bits per heavy atom. The van der Waals surface area contributed by atoms with Crippen LogP contribution < -0.4 is 0 Å². The zero-order valence-corrected chi connectivity index (χ0v) is 8.23. The minimum absolute atomic E-state index is 0.320. The van der Waals surface area contributed by atoms with Gasteiger partial charge in [0.25, 0.3) is 0 Å². The van der Waals surface area contributed by atoms with Crippen molar-refractivity contribution in [2.45, 2.75) is 5.38 Å². The van der Waals surface area contributed by atoms with Gasteiger partial charge in [-0.2, -0.15) is 5.26 Å². The summed E-state index contributed by atoms with van der Waals surface area (Å²) in [6.07, 6.45) is 0. The van der Waals surface area contributed by atoms with Gasteiger partial charge in [-0.05, 0) is 33.6 Å². The fourth-order valence-corrected chi connectivity index (χ4v) is 1.28. The van der Waals surface area contributed by atoms with Crippen LogP contribution in [0.15, 0.2) is 22.7 Å². The quantitative estimate of drug-likeness (QED) is 0.699. The average Bonchev–Trinajstić information content (AvgIpc) is 2.08. The number of nitrogens with zero attached hydrogens (tertiary/aromatic N) is 1. The number of hydrogen-bond donors (Lipinski definition) is 0. The molecular formula is C8H4BrClFN. The van der Waals surface area contributed by atoms with Crippen molar-refractivity contribution in [1.29, 1.82) is 5.26 Å². The van der Waals surface area contributed by atoms with E-state index in [9.17, 15) is 4.39 Å². The lowest BCUT2D eigenvalue weighted by molar-refractivity contribution is 0.620. The highest BCUT2D eigenvalue weighted by atomic mass is 79.9. The van der Waals surface area contributed by atoms with Crippen molar-refractivity contribution in [1.82, 2.24) is 0 Å². The van der Waals surface area contributed by atoms with Crippen LogP contribution in [0.25, 0.3) is 0 Å². The molecule has 1 aromatic carbocycles. The summed E-state index contributed by atoms with van der Waals surface area (Å²) in [4.78, 5) is 0. The summed E-state index contributed by atoms with van der Waals surface area (Å²) in [6.45, 7) is 0. The first-order chi connectivity index (χ1) is 5.65. The Morgan fingerprint density at radius 1 is 1.58 bits per heavy atom. The van der Waals surface area contributed by atoms with Gasteiger partial charge in [-0.3, -0.25) is 0 Å². The SMILES string of the molecule is N#C[C@H](Cl)c1ccc(F)c(Br)c1. The molecule has 0 saturated carbocycles. The first-order valence-corrected chi connectivity index (χ1v) is 4.36. The standard InChI is InChI=1S/C8H4BrClFN/c9-6-3-5(7(10)4-12)1-2-8(6)11/h1-3,7H/t7-/m0/s1. The van der Waals surface area contributed by atoms with Gasteiger partial charge in [-0.1, -0.05) is 6.07 Å². The zero-order valence-electron chi connectivity index (χ0n) is 5.89. The Balaban J connectivity index is 3.06. The molecule has 0 aliphatic heterocycles. The topological polar surface area (TPSA) is 23.8 Å². The third-order valence-electron chi connectivity index (χ3n) is 1.35. The first kappa shape index (κ1) is 9.50.